The van der Waals surface area contributed by atoms with Crippen LogP contribution in [0.2, 0.25) is 0 Å². The molecule has 1 aliphatic carbocycles. The number of esters is 2. The molecular weight excluding hydrogens is 282 g/mol. The average molecular weight is 313 g/mol. The van der Waals surface area contributed by atoms with Crippen LogP contribution in [0.25, 0.3) is 0 Å². The molecular formula is C17H31NO4. The number of nitrogens with zero attached hydrogens (tertiary/aromatic N) is 1. The summed E-state index contributed by atoms with van der Waals surface area (Å²) in [5.41, 5.74) is 0. The molecule has 0 spiro atoms. The van der Waals surface area contributed by atoms with Gasteiger partial charge in [0, 0.05) is 19.6 Å². The Morgan fingerprint density at radius 1 is 0.955 bits per heavy atom. The van der Waals surface area contributed by atoms with Gasteiger partial charge in [0.15, 0.2) is 0 Å². The minimum atomic E-state index is -0.195. The van der Waals surface area contributed by atoms with Gasteiger partial charge in [-0.05, 0) is 18.8 Å². The predicted octanol–water partition coefficient (Wildman–Crippen LogP) is 2.49. The van der Waals surface area contributed by atoms with Crippen molar-refractivity contribution in [2.75, 3.05) is 33.9 Å². The molecule has 0 bridgehead atoms. The molecule has 0 aromatic rings. The van der Waals surface area contributed by atoms with Crippen LogP contribution >= 0.6 is 0 Å². The van der Waals surface area contributed by atoms with Crippen molar-refractivity contribution in [2.24, 2.45) is 17.8 Å². The van der Waals surface area contributed by atoms with Crippen LogP contribution in [0.4, 0.5) is 0 Å². The fraction of sp³-hybridized carbons (Fsp3) is 0.882. The van der Waals surface area contributed by atoms with Gasteiger partial charge in [-0.2, -0.15) is 0 Å². The van der Waals surface area contributed by atoms with Crippen molar-refractivity contribution in [2.45, 2.75) is 46.0 Å². The molecule has 1 aliphatic rings. The Bertz CT molecular complexity index is 329. The summed E-state index contributed by atoms with van der Waals surface area (Å²) in [6.45, 7) is 5.96. The second kappa shape index (κ2) is 9.82. The maximum atomic E-state index is 11.7. The van der Waals surface area contributed by atoms with Gasteiger partial charge in [-0.3, -0.25) is 9.59 Å². The zero-order valence-electron chi connectivity index (χ0n) is 14.5. The lowest BCUT2D eigenvalue weighted by molar-refractivity contribution is -0.146. The van der Waals surface area contributed by atoms with Gasteiger partial charge in [0.25, 0.3) is 0 Å². The van der Waals surface area contributed by atoms with Crippen LogP contribution in [0, 0.1) is 17.8 Å². The molecule has 0 aromatic carbocycles. The maximum Gasteiger partial charge on any atom is 0.309 e. The van der Waals surface area contributed by atoms with Crippen LogP contribution < -0.4 is 0 Å². The van der Waals surface area contributed by atoms with E-state index >= 15 is 0 Å². The monoisotopic (exact) mass is 313 g/mol. The molecule has 0 unspecified atom stereocenters. The zero-order valence-corrected chi connectivity index (χ0v) is 14.5. The first-order chi connectivity index (χ1) is 10.5. The molecule has 0 saturated heterocycles. The summed E-state index contributed by atoms with van der Waals surface area (Å²) in [7, 11) is 2.84. The van der Waals surface area contributed by atoms with Crippen molar-refractivity contribution in [3.8, 4) is 0 Å². The molecule has 128 valence electrons. The van der Waals surface area contributed by atoms with Crippen LogP contribution in [-0.4, -0.2) is 50.7 Å². The van der Waals surface area contributed by atoms with E-state index in [9.17, 15) is 9.59 Å². The Balaban J connectivity index is 2.62. The van der Waals surface area contributed by atoms with Gasteiger partial charge < -0.3 is 14.4 Å². The van der Waals surface area contributed by atoms with E-state index in [1.807, 2.05) is 13.8 Å². The van der Waals surface area contributed by atoms with E-state index in [1.54, 1.807) is 0 Å². The van der Waals surface area contributed by atoms with E-state index < -0.39 is 0 Å². The summed E-state index contributed by atoms with van der Waals surface area (Å²) >= 11 is 0. The first-order valence-electron chi connectivity index (χ1n) is 8.35. The number of carbonyl (C=O) groups excluding carboxylic acids is 2. The number of ether oxygens (including phenoxy) is 2. The fourth-order valence-electron chi connectivity index (χ4n) is 3.28. The Labute approximate surface area is 134 Å². The van der Waals surface area contributed by atoms with E-state index in [0.717, 1.165) is 6.54 Å². The first kappa shape index (κ1) is 18.9. The van der Waals surface area contributed by atoms with E-state index in [-0.39, 0.29) is 23.8 Å². The van der Waals surface area contributed by atoms with Crippen LogP contribution in [0.1, 0.15) is 46.0 Å². The SMILES string of the molecule is COC(=O)[C@H](C)CN(CC1CCCCC1)C[C@H](C)C(=O)OC. The molecule has 0 N–H and O–H groups in total. The number of hydrogen-bond acceptors (Lipinski definition) is 5. The minimum absolute atomic E-state index is 0.182. The van der Waals surface area contributed by atoms with E-state index in [0.29, 0.717) is 19.0 Å². The lowest BCUT2D eigenvalue weighted by Crippen LogP contribution is -2.40. The molecule has 0 aliphatic heterocycles. The van der Waals surface area contributed by atoms with Crippen LogP contribution in [0.3, 0.4) is 0 Å². The lowest BCUT2D eigenvalue weighted by atomic mass is 9.88. The third kappa shape index (κ3) is 6.34. The summed E-state index contributed by atoms with van der Waals surface area (Å²) in [5.74, 6) is -0.0842. The van der Waals surface area contributed by atoms with Crippen LogP contribution in [0.15, 0.2) is 0 Å². The van der Waals surface area contributed by atoms with Crippen molar-refractivity contribution >= 4 is 11.9 Å². The molecule has 0 amide bonds. The largest absolute Gasteiger partial charge is 0.469 e. The second-order valence-electron chi connectivity index (χ2n) is 6.57. The quantitative estimate of drug-likeness (QED) is 0.644. The highest BCUT2D eigenvalue weighted by Crippen LogP contribution is 2.25. The molecule has 0 radical (unpaired) electrons. The standard InChI is InChI=1S/C17H31NO4/c1-13(16(19)21-3)10-18(11-14(2)17(20)22-4)12-15-8-6-5-7-9-15/h13-15H,5-12H2,1-4H3/t13-,14+. The van der Waals surface area contributed by atoms with Crippen molar-refractivity contribution in [1.29, 1.82) is 0 Å². The number of hydrogen-bond donors (Lipinski definition) is 0. The molecule has 1 fully saturated rings. The first-order valence-corrected chi connectivity index (χ1v) is 8.35. The summed E-state index contributed by atoms with van der Waals surface area (Å²) in [6.07, 6.45) is 6.40. The Hall–Kier alpha value is -1.10. The molecule has 2 atom stereocenters. The third-order valence-corrected chi connectivity index (χ3v) is 4.51. The van der Waals surface area contributed by atoms with Crippen molar-refractivity contribution in [3.05, 3.63) is 0 Å². The normalized spacial score (nSPS) is 18.8. The highest BCUT2D eigenvalue weighted by atomic mass is 16.5. The Morgan fingerprint density at radius 2 is 1.41 bits per heavy atom. The minimum Gasteiger partial charge on any atom is -0.469 e. The van der Waals surface area contributed by atoms with Crippen molar-refractivity contribution in [3.63, 3.8) is 0 Å². The van der Waals surface area contributed by atoms with Crippen LogP contribution in [-0.2, 0) is 19.1 Å². The Morgan fingerprint density at radius 3 is 1.82 bits per heavy atom. The van der Waals surface area contributed by atoms with Crippen molar-refractivity contribution < 1.29 is 19.1 Å². The highest BCUT2D eigenvalue weighted by molar-refractivity contribution is 5.72. The molecule has 22 heavy (non-hydrogen) atoms. The van der Waals surface area contributed by atoms with Gasteiger partial charge >= 0.3 is 11.9 Å². The molecule has 5 nitrogen and oxygen atoms in total. The summed E-state index contributed by atoms with van der Waals surface area (Å²) in [5, 5.41) is 0. The number of carbonyl (C=O) groups is 2. The van der Waals surface area contributed by atoms with Gasteiger partial charge in [0.2, 0.25) is 0 Å². The molecule has 0 heterocycles. The summed E-state index contributed by atoms with van der Waals surface area (Å²) in [4.78, 5) is 25.6. The highest BCUT2D eigenvalue weighted by Gasteiger charge is 2.25. The second-order valence-corrected chi connectivity index (χ2v) is 6.57. The smallest absolute Gasteiger partial charge is 0.309 e. The molecule has 1 saturated carbocycles. The molecule has 5 heteroatoms. The predicted molar refractivity (Wildman–Crippen MR) is 85.4 cm³/mol. The zero-order chi connectivity index (χ0) is 16.5. The van der Waals surface area contributed by atoms with E-state index in [1.165, 1.54) is 46.3 Å². The van der Waals surface area contributed by atoms with Gasteiger partial charge in [-0.25, -0.2) is 0 Å². The van der Waals surface area contributed by atoms with Gasteiger partial charge in [-0.1, -0.05) is 33.1 Å². The van der Waals surface area contributed by atoms with Crippen molar-refractivity contribution in [1.82, 2.24) is 4.90 Å². The average Bonchev–Trinajstić information content (AvgIpc) is 2.53. The summed E-state index contributed by atoms with van der Waals surface area (Å²) < 4.78 is 9.64. The summed E-state index contributed by atoms with van der Waals surface area (Å²) in [6, 6.07) is 0. The van der Waals surface area contributed by atoms with Gasteiger partial charge in [0.1, 0.15) is 0 Å². The third-order valence-electron chi connectivity index (χ3n) is 4.51. The van der Waals surface area contributed by atoms with Crippen LogP contribution in [0.5, 0.6) is 0 Å². The maximum absolute atomic E-state index is 11.7. The topological polar surface area (TPSA) is 55.8 Å². The Kier molecular flexibility index (Phi) is 8.46. The number of rotatable bonds is 8. The van der Waals surface area contributed by atoms with E-state index in [2.05, 4.69) is 4.90 Å². The van der Waals surface area contributed by atoms with Gasteiger partial charge in [-0.15, -0.1) is 0 Å². The lowest BCUT2D eigenvalue weighted by Gasteiger charge is -2.32. The van der Waals surface area contributed by atoms with Gasteiger partial charge in [0.05, 0.1) is 26.1 Å². The fourth-order valence-corrected chi connectivity index (χ4v) is 3.28. The molecule has 0 aromatic heterocycles. The number of methoxy groups -OCH3 is 2. The molecule has 1 rings (SSSR count). The van der Waals surface area contributed by atoms with E-state index in [4.69, 9.17) is 9.47 Å².